The summed E-state index contributed by atoms with van der Waals surface area (Å²) in [5.74, 6) is 0. The SMILES string of the molecule is [CH2-]CCCO.[W]. The summed E-state index contributed by atoms with van der Waals surface area (Å²) >= 11 is 0. The molecule has 0 atom stereocenters. The smallest absolute Gasteiger partial charge is 0.0406 e. The predicted molar refractivity (Wildman–Crippen MR) is 21.7 cm³/mol. The molecule has 0 aromatic heterocycles. The summed E-state index contributed by atoms with van der Waals surface area (Å²) in [5.41, 5.74) is 0. The first kappa shape index (κ1) is 9.82. The minimum absolute atomic E-state index is 0. The third-order valence-corrected chi connectivity index (χ3v) is 0.408. The van der Waals surface area contributed by atoms with Crippen molar-refractivity contribution in [3.05, 3.63) is 6.92 Å². The molecule has 0 bridgehead atoms. The predicted octanol–water partition coefficient (Wildman–Crippen LogP) is 0.590. The first-order valence-corrected chi connectivity index (χ1v) is 1.82. The maximum absolute atomic E-state index is 8.03. The van der Waals surface area contributed by atoms with Crippen LogP contribution < -0.4 is 0 Å². The molecular formula is C4H9OW-. The van der Waals surface area contributed by atoms with E-state index in [2.05, 4.69) is 6.92 Å². The summed E-state index contributed by atoms with van der Waals surface area (Å²) in [6, 6.07) is 0. The molecule has 0 aliphatic heterocycles. The molecule has 0 saturated heterocycles. The third kappa shape index (κ3) is 8.82. The molecule has 0 amide bonds. The number of hydrogen-bond acceptors (Lipinski definition) is 1. The molecule has 0 aromatic carbocycles. The molecule has 0 aliphatic carbocycles. The number of hydrogen-bond donors (Lipinski definition) is 1. The van der Waals surface area contributed by atoms with Gasteiger partial charge in [-0.05, 0) is 0 Å². The van der Waals surface area contributed by atoms with Crippen LogP contribution in [-0.4, -0.2) is 11.7 Å². The molecule has 0 aromatic rings. The summed E-state index contributed by atoms with van der Waals surface area (Å²) in [6.07, 6.45) is 1.68. The van der Waals surface area contributed by atoms with Gasteiger partial charge < -0.3 is 12.0 Å². The molecule has 0 saturated carbocycles. The van der Waals surface area contributed by atoms with E-state index in [4.69, 9.17) is 5.11 Å². The Hall–Kier alpha value is 0.648. The van der Waals surface area contributed by atoms with Crippen LogP contribution in [0.3, 0.4) is 0 Å². The van der Waals surface area contributed by atoms with Crippen LogP contribution in [0.4, 0.5) is 0 Å². The van der Waals surface area contributed by atoms with Gasteiger partial charge in [-0.3, -0.25) is 0 Å². The first-order valence-electron chi connectivity index (χ1n) is 1.82. The molecule has 1 N–H and O–H groups in total. The molecule has 0 heterocycles. The van der Waals surface area contributed by atoms with Gasteiger partial charge in [0, 0.05) is 27.7 Å². The van der Waals surface area contributed by atoms with E-state index in [0.717, 1.165) is 12.8 Å². The topological polar surface area (TPSA) is 20.2 Å². The molecule has 1 nitrogen and oxygen atoms in total. The van der Waals surface area contributed by atoms with Gasteiger partial charge in [0.1, 0.15) is 0 Å². The van der Waals surface area contributed by atoms with Crippen molar-refractivity contribution in [2.45, 2.75) is 12.8 Å². The Bertz CT molecular complexity index is 15.0. The third-order valence-electron chi connectivity index (χ3n) is 0.408. The van der Waals surface area contributed by atoms with Crippen LogP contribution >= 0.6 is 0 Å². The van der Waals surface area contributed by atoms with Gasteiger partial charge in [-0.25, -0.2) is 0 Å². The van der Waals surface area contributed by atoms with E-state index >= 15 is 0 Å². The monoisotopic (exact) mass is 257 g/mol. The van der Waals surface area contributed by atoms with Crippen molar-refractivity contribution in [1.29, 1.82) is 0 Å². The largest absolute Gasteiger partial charge is 0.396 e. The van der Waals surface area contributed by atoms with Crippen molar-refractivity contribution < 1.29 is 26.2 Å². The Labute approximate surface area is 53.0 Å². The molecule has 38 valence electrons. The van der Waals surface area contributed by atoms with Gasteiger partial charge in [0.05, 0.1) is 0 Å². The van der Waals surface area contributed by atoms with Crippen LogP contribution in [-0.2, 0) is 21.1 Å². The van der Waals surface area contributed by atoms with Gasteiger partial charge in [0.25, 0.3) is 0 Å². The van der Waals surface area contributed by atoms with E-state index in [1.807, 2.05) is 0 Å². The molecule has 0 fully saturated rings. The maximum atomic E-state index is 8.03. The Balaban J connectivity index is 0. The number of aliphatic hydroxyl groups is 1. The summed E-state index contributed by atoms with van der Waals surface area (Å²) in [6.45, 7) is 3.80. The van der Waals surface area contributed by atoms with Crippen molar-refractivity contribution in [3.63, 3.8) is 0 Å². The van der Waals surface area contributed by atoms with E-state index in [0.29, 0.717) is 0 Å². The maximum Gasteiger partial charge on any atom is 0.0406 e. The summed E-state index contributed by atoms with van der Waals surface area (Å²) in [5, 5.41) is 8.03. The van der Waals surface area contributed by atoms with Gasteiger partial charge in [-0.15, -0.1) is 0 Å². The zero-order chi connectivity index (χ0) is 4.12. The second-order valence-electron chi connectivity index (χ2n) is 0.931. The van der Waals surface area contributed by atoms with Gasteiger partial charge in [-0.2, -0.15) is 6.42 Å². The van der Waals surface area contributed by atoms with E-state index in [9.17, 15) is 0 Å². The molecule has 2 heteroatoms. The fourth-order valence-corrected chi connectivity index (χ4v) is 0.112. The summed E-state index contributed by atoms with van der Waals surface area (Å²) in [7, 11) is 0. The quantitative estimate of drug-likeness (QED) is 0.718. The number of unbranched alkanes of at least 4 members (excludes halogenated alkanes) is 1. The molecular weight excluding hydrogens is 248 g/mol. The van der Waals surface area contributed by atoms with Crippen LogP contribution in [0, 0.1) is 6.92 Å². The molecule has 0 spiro atoms. The Morgan fingerprint density at radius 2 is 2.00 bits per heavy atom. The zero-order valence-corrected chi connectivity index (χ0v) is 6.62. The molecule has 6 heavy (non-hydrogen) atoms. The second kappa shape index (κ2) is 9.17. The molecule has 0 unspecified atom stereocenters. The van der Waals surface area contributed by atoms with Crippen LogP contribution in [0.15, 0.2) is 0 Å². The zero-order valence-electron chi connectivity index (χ0n) is 3.68. The first-order chi connectivity index (χ1) is 2.41. The summed E-state index contributed by atoms with van der Waals surface area (Å²) in [4.78, 5) is 0. The Morgan fingerprint density at radius 1 is 1.50 bits per heavy atom. The number of aliphatic hydroxyl groups excluding tert-OH is 1. The fraction of sp³-hybridized carbons (Fsp3) is 0.750. The van der Waals surface area contributed by atoms with Crippen molar-refractivity contribution in [3.8, 4) is 0 Å². The summed E-state index contributed by atoms with van der Waals surface area (Å²) < 4.78 is 0. The van der Waals surface area contributed by atoms with Crippen molar-refractivity contribution in [1.82, 2.24) is 0 Å². The second-order valence-corrected chi connectivity index (χ2v) is 0.931. The van der Waals surface area contributed by atoms with Crippen molar-refractivity contribution >= 4 is 0 Å². The average Bonchev–Trinajstić information content (AvgIpc) is 1.41. The van der Waals surface area contributed by atoms with Crippen LogP contribution in [0.25, 0.3) is 0 Å². The van der Waals surface area contributed by atoms with E-state index < -0.39 is 0 Å². The van der Waals surface area contributed by atoms with Crippen LogP contribution in [0.5, 0.6) is 0 Å². The van der Waals surface area contributed by atoms with Crippen LogP contribution in [0.2, 0.25) is 0 Å². The van der Waals surface area contributed by atoms with Gasteiger partial charge >= 0.3 is 0 Å². The van der Waals surface area contributed by atoms with E-state index in [1.165, 1.54) is 0 Å². The fourth-order valence-electron chi connectivity index (χ4n) is 0.112. The van der Waals surface area contributed by atoms with Gasteiger partial charge in [0.15, 0.2) is 0 Å². The van der Waals surface area contributed by atoms with Gasteiger partial charge in [0.2, 0.25) is 0 Å². The minimum Gasteiger partial charge on any atom is -0.396 e. The van der Waals surface area contributed by atoms with E-state index in [1.54, 1.807) is 0 Å². The molecule has 0 radical (unpaired) electrons. The average molecular weight is 257 g/mol. The van der Waals surface area contributed by atoms with Crippen LogP contribution in [0.1, 0.15) is 12.8 Å². The number of rotatable bonds is 2. The van der Waals surface area contributed by atoms with Crippen molar-refractivity contribution in [2.24, 2.45) is 0 Å². The Morgan fingerprint density at radius 3 is 2.00 bits per heavy atom. The van der Waals surface area contributed by atoms with Crippen molar-refractivity contribution in [2.75, 3.05) is 6.61 Å². The molecule has 0 aliphatic rings. The Kier molecular flexibility index (Phi) is 15.0. The minimum atomic E-state index is 0. The normalized spacial score (nSPS) is 7.00. The van der Waals surface area contributed by atoms with Gasteiger partial charge in [-0.1, -0.05) is 6.42 Å². The standard InChI is InChI=1S/C4H9O.W/c1-2-3-4-5;/h5H,1-4H2;/q-1;. The molecule has 0 rings (SSSR count). The van der Waals surface area contributed by atoms with E-state index in [-0.39, 0.29) is 27.7 Å².